The quantitative estimate of drug-likeness (QED) is 0.133. The molecule has 0 saturated carbocycles. The number of fused-ring (bicyclic) bond motifs is 2. The van der Waals surface area contributed by atoms with Crippen LogP contribution in [0.1, 0.15) is 70.7 Å². The third-order valence-corrected chi connectivity index (χ3v) is 15.6. The van der Waals surface area contributed by atoms with E-state index in [0.717, 1.165) is 79.9 Å². The van der Waals surface area contributed by atoms with Crippen molar-refractivity contribution in [2.24, 2.45) is 0 Å². The second-order valence-electron chi connectivity index (χ2n) is 20.0. The Morgan fingerprint density at radius 2 is 0.603 bits per heavy atom. The molecular formula is C68H48N10. The van der Waals surface area contributed by atoms with Gasteiger partial charge in [-0.15, -0.1) is 0 Å². The molecule has 3 aliphatic rings. The van der Waals surface area contributed by atoms with Gasteiger partial charge in [-0.2, -0.15) is 19.9 Å². The molecule has 0 fully saturated rings. The Bertz CT molecular complexity index is 4180. The Balaban J connectivity index is 0.757. The van der Waals surface area contributed by atoms with E-state index in [1.807, 2.05) is 97.1 Å². The number of rotatable bonds is 10. The van der Waals surface area contributed by atoms with Crippen molar-refractivity contribution in [3.05, 3.63) is 263 Å². The zero-order chi connectivity index (χ0) is 51.8. The summed E-state index contributed by atoms with van der Waals surface area (Å²) in [6.45, 7) is 4.22. The normalized spacial score (nSPS) is 14.1. The van der Waals surface area contributed by atoms with Crippen LogP contribution in [0.5, 0.6) is 0 Å². The minimum absolute atomic E-state index is 0.108. The summed E-state index contributed by atoms with van der Waals surface area (Å²) in [5.74, 6) is 5.57. The summed E-state index contributed by atoms with van der Waals surface area (Å²) in [6.07, 6.45) is 1.46. The maximum absolute atomic E-state index is 5.13. The SMILES string of the molecule is CCc1nc2ccccc2n1-c1nc(-c2ccccc2)nc(-c2ccc(-c3ccc4c(c3)C3c5ccccc5C4c4cc(-c5ccc(-c6nc(-c7ccccc7)nc(-n7c(CC)nc8ccccc87)n6)cc5)ccc43)cc2)n1. The van der Waals surface area contributed by atoms with E-state index in [1.165, 1.54) is 44.5 Å². The van der Waals surface area contributed by atoms with E-state index in [9.17, 15) is 0 Å². The van der Waals surface area contributed by atoms with Crippen LogP contribution >= 0.6 is 0 Å². The lowest BCUT2D eigenvalue weighted by Crippen LogP contribution is -2.27. The highest BCUT2D eigenvalue weighted by atomic mass is 15.2. The molecule has 4 heterocycles. The van der Waals surface area contributed by atoms with E-state index in [-0.39, 0.29) is 11.8 Å². The van der Waals surface area contributed by atoms with Crippen molar-refractivity contribution in [1.82, 2.24) is 49.0 Å². The monoisotopic (exact) mass is 1000 g/mol. The average Bonchev–Trinajstić information content (AvgIpc) is 4.17. The maximum atomic E-state index is 5.13. The predicted molar refractivity (Wildman–Crippen MR) is 309 cm³/mol. The molecule has 370 valence electrons. The third-order valence-electron chi connectivity index (χ3n) is 15.6. The van der Waals surface area contributed by atoms with E-state index in [0.29, 0.717) is 35.2 Å². The minimum Gasteiger partial charge on any atom is -0.264 e. The fourth-order valence-electron chi connectivity index (χ4n) is 11.9. The molecule has 0 radical (unpaired) electrons. The number of aromatic nitrogens is 10. The zero-order valence-electron chi connectivity index (χ0n) is 42.8. The first kappa shape index (κ1) is 45.3. The number of para-hydroxylation sites is 4. The van der Waals surface area contributed by atoms with Crippen molar-refractivity contribution in [1.29, 1.82) is 0 Å². The standard InChI is InChI=1S/C68H48N10/c1-3-59-69-55-23-13-15-25-57(55)77(59)67-73-63(43-17-7-5-8-18-43)71-65(75-67)45-31-27-41(28-32-45)47-35-37-51-53(39-47)61-49-21-11-12-22-50(49)62(51)54-40-48(36-38-52(54)61)42-29-33-46(34-30-42)66-72-64(44-19-9-6-10-20-44)74-68(76-66)78-58-26-16-14-24-56(58)70-60(78)4-2/h5-40,61-62H,3-4H2,1-2H3. The van der Waals surface area contributed by atoms with Crippen LogP contribution in [0.25, 0.3) is 102 Å². The second kappa shape index (κ2) is 18.4. The summed E-state index contributed by atoms with van der Waals surface area (Å²) in [5, 5.41) is 0. The molecule has 16 rings (SSSR count). The van der Waals surface area contributed by atoms with Gasteiger partial charge in [0.15, 0.2) is 23.3 Å². The highest BCUT2D eigenvalue weighted by Gasteiger charge is 2.41. The molecule has 0 spiro atoms. The van der Waals surface area contributed by atoms with E-state index in [2.05, 4.69) is 144 Å². The molecule has 0 aliphatic heterocycles. The lowest BCUT2D eigenvalue weighted by molar-refractivity contribution is 0.755. The number of aryl methyl sites for hydroxylation is 2. The Labute approximate surface area is 450 Å². The Morgan fingerprint density at radius 1 is 0.282 bits per heavy atom. The van der Waals surface area contributed by atoms with Crippen molar-refractivity contribution in [3.63, 3.8) is 0 Å². The molecule has 4 aromatic heterocycles. The van der Waals surface area contributed by atoms with Crippen molar-refractivity contribution >= 4 is 22.1 Å². The average molecular weight is 1010 g/mol. The van der Waals surface area contributed by atoms with Crippen LogP contribution in [-0.2, 0) is 12.8 Å². The van der Waals surface area contributed by atoms with Gasteiger partial charge in [0.25, 0.3) is 0 Å². The third kappa shape index (κ3) is 7.47. The number of benzene rings is 9. The van der Waals surface area contributed by atoms with E-state index in [1.54, 1.807) is 0 Å². The van der Waals surface area contributed by atoms with E-state index in [4.69, 9.17) is 39.9 Å². The van der Waals surface area contributed by atoms with Gasteiger partial charge in [0.05, 0.1) is 22.1 Å². The van der Waals surface area contributed by atoms with Crippen LogP contribution in [-0.4, -0.2) is 49.0 Å². The first-order valence-corrected chi connectivity index (χ1v) is 26.7. The maximum Gasteiger partial charge on any atom is 0.239 e. The Kier molecular flexibility index (Phi) is 10.7. The van der Waals surface area contributed by atoms with Crippen molar-refractivity contribution in [3.8, 4) is 79.7 Å². The van der Waals surface area contributed by atoms with Gasteiger partial charge in [-0.05, 0) is 92.0 Å². The van der Waals surface area contributed by atoms with E-state index < -0.39 is 0 Å². The summed E-state index contributed by atoms with van der Waals surface area (Å²) >= 11 is 0. The smallest absolute Gasteiger partial charge is 0.239 e. The molecule has 10 nitrogen and oxygen atoms in total. The molecule has 78 heavy (non-hydrogen) atoms. The molecule has 2 unspecified atom stereocenters. The van der Waals surface area contributed by atoms with Gasteiger partial charge in [-0.25, -0.2) is 19.9 Å². The van der Waals surface area contributed by atoms with Gasteiger partial charge in [0.1, 0.15) is 11.6 Å². The van der Waals surface area contributed by atoms with Gasteiger partial charge in [-0.3, -0.25) is 9.13 Å². The Hall–Kier alpha value is -10.1. The molecule has 10 heteroatoms. The predicted octanol–water partition coefficient (Wildman–Crippen LogP) is 14.8. The van der Waals surface area contributed by atoms with Gasteiger partial charge >= 0.3 is 0 Å². The lowest BCUT2D eigenvalue weighted by atomic mass is 9.60. The topological polar surface area (TPSA) is 113 Å². The summed E-state index contributed by atoms with van der Waals surface area (Å²) < 4.78 is 4.14. The largest absolute Gasteiger partial charge is 0.264 e. The van der Waals surface area contributed by atoms with E-state index >= 15 is 0 Å². The first-order chi connectivity index (χ1) is 38.5. The molecule has 13 aromatic rings. The summed E-state index contributed by atoms with van der Waals surface area (Å²) in [6, 6.07) is 77.0. The molecule has 0 amide bonds. The van der Waals surface area contributed by atoms with Crippen molar-refractivity contribution in [2.75, 3.05) is 0 Å². The fraction of sp³-hybridized carbons (Fsp3) is 0.0882. The fourth-order valence-corrected chi connectivity index (χ4v) is 11.9. The summed E-state index contributed by atoms with van der Waals surface area (Å²) in [4.78, 5) is 40.3. The van der Waals surface area contributed by atoms with Crippen LogP contribution in [0.4, 0.5) is 0 Å². The molecule has 0 saturated heterocycles. The molecule has 2 atom stereocenters. The van der Waals surface area contributed by atoms with Crippen LogP contribution in [0.3, 0.4) is 0 Å². The second-order valence-corrected chi connectivity index (χ2v) is 20.0. The molecule has 0 N–H and O–H groups in total. The zero-order valence-corrected chi connectivity index (χ0v) is 42.8. The lowest BCUT2D eigenvalue weighted by Gasteiger charge is -2.42. The molecule has 2 bridgehead atoms. The molecule has 3 aliphatic carbocycles. The highest BCUT2D eigenvalue weighted by Crippen LogP contribution is 2.57. The van der Waals surface area contributed by atoms with Crippen LogP contribution < -0.4 is 0 Å². The van der Waals surface area contributed by atoms with Gasteiger partial charge in [-0.1, -0.05) is 196 Å². The van der Waals surface area contributed by atoms with Gasteiger partial charge in [0, 0.05) is 46.9 Å². The van der Waals surface area contributed by atoms with Crippen LogP contribution in [0.2, 0.25) is 0 Å². The summed E-state index contributed by atoms with van der Waals surface area (Å²) in [7, 11) is 0. The van der Waals surface area contributed by atoms with Crippen molar-refractivity contribution < 1.29 is 0 Å². The number of imidazole rings is 2. The van der Waals surface area contributed by atoms with Crippen LogP contribution in [0.15, 0.2) is 218 Å². The highest BCUT2D eigenvalue weighted by molar-refractivity contribution is 5.81. The van der Waals surface area contributed by atoms with Crippen LogP contribution in [0, 0.1) is 0 Å². The van der Waals surface area contributed by atoms with Crippen molar-refractivity contribution in [2.45, 2.75) is 38.5 Å². The Morgan fingerprint density at radius 3 is 1.00 bits per heavy atom. The minimum atomic E-state index is 0.108. The van der Waals surface area contributed by atoms with Gasteiger partial charge < -0.3 is 0 Å². The first-order valence-electron chi connectivity index (χ1n) is 26.7. The van der Waals surface area contributed by atoms with Gasteiger partial charge in [0.2, 0.25) is 11.9 Å². The number of hydrogen-bond acceptors (Lipinski definition) is 8. The molecule has 9 aromatic carbocycles. The molecular weight excluding hydrogens is 957 g/mol. The number of hydrogen-bond donors (Lipinski definition) is 0. The summed E-state index contributed by atoms with van der Waals surface area (Å²) in [5.41, 5.74) is 20.3. The number of nitrogens with zero attached hydrogens (tertiary/aromatic N) is 10.